The number of nitrogens with one attached hydrogen (secondary N) is 2. The minimum atomic E-state index is 0.421. The Bertz CT molecular complexity index is 898. The Hall–Kier alpha value is -2.38. The van der Waals surface area contributed by atoms with Gasteiger partial charge in [0, 0.05) is 38.4 Å². The van der Waals surface area contributed by atoms with Crippen LogP contribution in [0.2, 0.25) is 0 Å². The summed E-state index contributed by atoms with van der Waals surface area (Å²) in [7, 11) is 0. The average Bonchev–Trinajstić information content (AvgIpc) is 3.33. The van der Waals surface area contributed by atoms with E-state index in [0.717, 1.165) is 43.5 Å². The maximum Gasteiger partial charge on any atom is 0.186 e. The van der Waals surface area contributed by atoms with Crippen molar-refractivity contribution in [3.05, 3.63) is 42.2 Å². The Morgan fingerprint density at radius 3 is 2.77 bits per heavy atom. The third-order valence-electron chi connectivity index (χ3n) is 5.39. The van der Waals surface area contributed by atoms with Gasteiger partial charge in [-0.3, -0.25) is 9.88 Å². The van der Waals surface area contributed by atoms with E-state index in [9.17, 15) is 0 Å². The molecule has 4 heterocycles. The monoisotopic (exact) mass is 366 g/mol. The Kier molecular flexibility index (Phi) is 3.90. The Morgan fingerprint density at radius 2 is 1.92 bits per heavy atom. The molecule has 0 amide bonds. The minimum Gasteiger partial charge on any atom is -0.366 e. The Labute approximate surface area is 156 Å². The van der Waals surface area contributed by atoms with Gasteiger partial charge in [0.05, 0.1) is 28.9 Å². The quantitative estimate of drug-likeness (QED) is 0.741. The summed E-state index contributed by atoms with van der Waals surface area (Å²) < 4.78 is 1.21. The van der Waals surface area contributed by atoms with E-state index in [1.54, 1.807) is 11.3 Å². The molecule has 1 fully saturated rings. The highest BCUT2D eigenvalue weighted by molar-refractivity contribution is 7.22. The molecule has 0 saturated carbocycles. The van der Waals surface area contributed by atoms with E-state index in [1.807, 2.05) is 18.5 Å². The van der Waals surface area contributed by atoms with Crippen molar-refractivity contribution < 1.29 is 0 Å². The first-order valence-electron chi connectivity index (χ1n) is 9.09. The van der Waals surface area contributed by atoms with Crippen LogP contribution in [0.15, 0.2) is 36.7 Å². The molecule has 5 rings (SSSR count). The molecule has 2 aromatic heterocycles. The molecule has 2 aliphatic heterocycles. The third kappa shape index (κ3) is 2.77. The molecular formula is C19H22N6S. The fraction of sp³-hybridized carbons (Fsp3) is 0.368. The molecule has 7 heteroatoms. The first-order chi connectivity index (χ1) is 12.8. The van der Waals surface area contributed by atoms with Gasteiger partial charge in [0.25, 0.3) is 0 Å². The van der Waals surface area contributed by atoms with E-state index in [0.29, 0.717) is 6.04 Å². The number of piperazine rings is 1. The van der Waals surface area contributed by atoms with Crippen LogP contribution in [0.1, 0.15) is 18.5 Å². The van der Waals surface area contributed by atoms with Crippen molar-refractivity contribution in [1.82, 2.24) is 14.9 Å². The van der Waals surface area contributed by atoms with Crippen LogP contribution in [0.3, 0.4) is 0 Å². The number of nitrogens with zero attached hydrogens (tertiary/aromatic N) is 4. The van der Waals surface area contributed by atoms with Crippen LogP contribution in [0.5, 0.6) is 0 Å². The highest BCUT2D eigenvalue weighted by Gasteiger charge is 2.24. The maximum atomic E-state index is 4.75. The zero-order valence-corrected chi connectivity index (χ0v) is 15.6. The summed E-state index contributed by atoms with van der Waals surface area (Å²) in [5, 5.41) is 7.85. The van der Waals surface area contributed by atoms with Gasteiger partial charge in [0.1, 0.15) is 5.52 Å². The third-order valence-corrected chi connectivity index (χ3v) is 6.49. The minimum absolute atomic E-state index is 0.421. The van der Waals surface area contributed by atoms with Crippen LogP contribution >= 0.6 is 11.3 Å². The molecule has 3 aromatic rings. The van der Waals surface area contributed by atoms with E-state index in [1.165, 1.54) is 21.6 Å². The van der Waals surface area contributed by atoms with Gasteiger partial charge >= 0.3 is 0 Å². The molecule has 6 nitrogen and oxygen atoms in total. The number of benzene rings is 1. The van der Waals surface area contributed by atoms with Crippen LogP contribution in [0.25, 0.3) is 10.2 Å². The van der Waals surface area contributed by atoms with Crippen molar-refractivity contribution in [3.8, 4) is 0 Å². The van der Waals surface area contributed by atoms with Gasteiger partial charge in [-0.25, -0.2) is 4.98 Å². The fourth-order valence-corrected chi connectivity index (χ4v) is 4.76. The zero-order chi connectivity index (χ0) is 17.5. The Morgan fingerprint density at radius 1 is 1.08 bits per heavy atom. The molecule has 26 heavy (non-hydrogen) atoms. The molecule has 0 radical (unpaired) electrons. The summed E-state index contributed by atoms with van der Waals surface area (Å²) in [5.41, 5.74) is 4.80. The van der Waals surface area contributed by atoms with E-state index < -0.39 is 0 Å². The second-order valence-corrected chi connectivity index (χ2v) is 7.88. The largest absolute Gasteiger partial charge is 0.366 e. The molecule has 2 aliphatic rings. The van der Waals surface area contributed by atoms with E-state index >= 15 is 0 Å². The van der Waals surface area contributed by atoms with Gasteiger partial charge in [-0.05, 0) is 30.7 Å². The van der Waals surface area contributed by atoms with E-state index in [-0.39, 0.29) is 0 Å². The van der Waals surface area contributed by atoms with E-state index in [4.69, 9.17) is 4.98 Å². The number of pyridine rings is 1. The first kappa shape index (κ1) is 15.8. The fourth-order valence-electron chi connectivity index (χ4n) is 3.77. The van der Waals surface area contributed by atoms with Crippen molar-refractivity contribution in [2.75, 3.05) is 48.4 Å². The normalized spacial score (nSPS) is 18.4. The van der Waals surface area contributed by atoms with Crippen LogP contribution in [-0.2, 0) is 0 Å². The maximum absolute atomic E-state index is 4.75. The molecular weight excluding hydrogens is 344 g/mol. The summed E-state index contributed by atoms with van der Waals surface area (Å²) >= 11 is 1.76. The van der Waals surface area contributed by atoms with Gasteiger partial charge in [-0.2, -0.15) is 0 Å². The molecule has 1 aromatic carbocycles. The predicted molar refractivity (Wildman–Crippen MR) is 108 cm³/mol. The average molecular weight is 366 g/mol. The number of fused-ring (bicyclic) bond motifs is 2. The summed E-state index contributed by atoms with van der Waals surface area (Å²) in [6, 6.07) is 9.19. The number of anilines is 3. The van der Waals surface area contributed by atoms with Gasteiger partial charge in [0.2, 0.25) is 0 Å². The molecule has 2 N–H and O–H groups in total. The van der Waals surface area contributed by atoms with Crippen LogP contribution < -0.4 is 15.5 Å². The summed E-state index contributed by atoms with van der Waals surface area (Å²) in [6.07, 6.45) is 3.69. The number of aromatic nitrogens is 2. The first-order valence-corrected chi connectivity index (χ1v) is 9.91. The van der Waals surface area contributed by atoms with Gasteiger partial charge in [0.15, 0.2) is 5.13 Å². The molecule has 0 aliphatic carbocycles. The second kappa shape index (κ2) is 6.41. The topological polar surface area (TPSA) is 56.3 Å². The van der Waals surface area contributed by atoms with Crippen molar-refractivity contribution in [2.24, 2.45) is 0 Å². The lowest BCUT2D eigenvalue weighted by Gasteiger charge is -2.38. The molecule has 134 valence electrons. The Balaban J connectivity index is 1.27. The van der Waals surface area contributed by atoms with Crippen molar-refractivity contribution in [3.63, 3.8) is 0 Å². The molecule has 1 saturated heterocycles. The van der Waals surface area contributed by atoms with Crippen LogP contribution in [0, 0.1) is 0 Å². The molecule has 0 spiro atoms. The predicted octanol–water partition coefficient (Wildman–Crippen LogP) is 3.37. The van der Waals surface area contributed by atoms with Crippen molar-refractivity contribution in [1.29, 1.82) is 0 Å². The molecule has 0 bridgehead atoms. The van der Waals surface area contributed by atoms with Gasteiger partial charge in [-0.1, -0.05) is 17.4 Å². The number of hydrogen-bond donors (Lipinski definition) is 2. The molecule has 1 atom stereocenters. The van der Waals surface area contributed by atoms with Crippen LogP contribution in [0.4, 0.5) is 16.5 Å². The number of rotatable bonds is 3. The highest BCUT2D eigenvalue weighted by Crippen LogP contribution is 2.33. The summed E-state index contributed by atoms with van der Waals surface area (Å²) in [6.45, 7) is 7.27. The van der Waals surface area contributed by atoms with Gasteiger partial charge in [-0.15, -0.1) is 0 Å². The lowest BCUT2D eigenvalue weighted by Crippen LogP contribution is -2.47. The summed E-state index contributed by atoms with van der Waals surface area (Å²) in [4.78, 5) is 13.9. The van der Waals surface area contributed by atoms with Crippen molar-refractivity contribution >= 4 is 38.1 Å². The highest BCUT2D eigenvalue weighted by atomic mass is 32.1. The SMILES string of the molecule is CC(c1ccc2c(c1)NCN2)N1CCN(c2nc3cnccc3s2)CC1. The lowest BCUT2D eigenvalue weighted by atomic mass is 10.0. The lowest BCUT2D eigenvalue weighted by molar-refractivity contribution is 0.198. The standard InChI is InChI=1S/C19H22N6S/c1-13(14-2-3-15-16(10-14)22-12-21-15)24-6-8-25(9-7-24)19-23-17-11-20-5-4-18(17)26-19/h2-5,10-11,13,21-22H,6-9,12H2,1H3. The number of hydrogen-bond acceptors (Lipinski definition) is 7. The number of thiazole rings is 1. The smallest absolute Gasteiger partial charge is 0.186 e. The van der Waals surface area contributed by atoms with Crippen LogP contribution in [-0.4, -0.2) is 47.7 Å². The van der Waals surface area contributed by atoms with E-state index in [2.05, 4.69) is 50.5 Å². The molecule has 1 unspecified atom stereocenters. The summed E-state index contributed by atoms with van der Waals surface area (Å²) in [5.74, 6) is 0. The van der Waals surface area contributed by atoms with Gasteiger partial charge < -0.3 is 15.5 Å². The zero-order valence-electron chi connectivity index (χ0n) is 14.8. The van der Waals surface area contributed by atoms with Crippen molar-refractivity contribution in [2.45, 2.75) is 13.0 Å². The second-order valence-electron chi connectivity index (χ2n) is 6.87.